The third-order valence-electron chi connectivity index (χ3n) is 3.71. The molecule has 1 atom stereocenters. The first-order valence-corrected chi connectivity index (χ1v) is 7.82. The van der Waals surface area contributed by atoms with Crippen LogP contribution in [0.3, 0.4) is 0 Å². The summed E-state index contributed by atoms with van der Waals surface area (Å²) in [6, 6.07) is 8.13. The summed E-state index contributed by atoms with van der Waals surface area (Å²) in [7, 11) is 1.33. The molecule has 6 heteroatoms. The van der Waals surface area contributed by atoms with E-state index in [2.05, 4.69) is 26.9 Å². The molecule has 130 valence electrons. The number of aromatic nitrogens is 1. The molecule has 0 saturated carbocycles. The van der Waals surface area contributed by atoms with Crippen LogP contribution in [-0.2, 0) is 4.74 Å². The van der Waals surface area contributed by atoms with Crippen molar-refractivity contribution >= 4 is 17.7 Å². The Morgan fingerprint density at radius 2 is 2.00 bits per heavy atom. The molecular weight excluding hydrogens is 318 g/mol. The van der Waals surface area contributed by atoms with Crippen LogP contribution in [0.5, 0.6) is 0 Å². The smallest absolute Gasteiger partial charge is 0.337 e. The van der Waals surface area contributed by atoms with Crippen molar-refractivity contribution in [3.63, 3.8) is 0 Å². The number of nitrogens with zero attached hydrogens (tertiary/aromatic N) is 1. The molecule has 25 heavy (non-hydrogen) atoms. The minimum Gasteiger partial charge on any atom is -0.465 e. The molecule has 2 N–H and O–H groups in total. The fourth-order valence-electron chi connectivity index (χ4n) is 2.41. The number of urea groups is 1. The van der Waals surface area contributed by atoms with Gasteiger partial charge in [-0.25, -0.2) is 9.59 Å². The number of methoxy groups -OCH3 is 1. The first-order valence-electron chi connectivity index (χ1n) is 7.82. The molecule has 0 radical (unpaired) electrons. The minimum absolute atomic E-state index is 0.199. The number of aryl methyl sites for hydroxylation is 1. The maximum absolute atomic E-state index is 12.3. The molecule has 0 unspecified atom stereocenters. The molecular formula is C19H21N3O3. The number of carbonyl (C=O) groups excluding carboxylic acids is 2. The van der Waals surface area contributed by atoms with Crippen LogP contribution in [0.1, 0.15) is 33.9 Å². The van der Waals surface area contributed by atoms with Crippen molar-refractivity contribution < 1.29 is 14.3 Å². The molecule has 2 amide bonds. The van der Waals surface area contributed by atoms with Crippen LogP contribution < -0.4 is 10.6 Å². The normalized spacial score (nSPS) is 11.3. The Labute approximate surface area is 146 Å². The van der Waals surface area contributed by atoms with Crippen LogP contribution in [0, 0.1) is 6.92 Å². The molecule has 2 aromatic rings. The predicted octanol–water partition coefficient (Wildman–Crippen LogP) is 3.62. The van der Waals surface area contributed by atoms with E-state index in [9.17, 15) is 9.59 Å². The quantitative estimate of drug-likeness (QED) is 0.622. The summed E-state index contributed by atoms with van der Waals surface area (Å²) in [5.74, 6) is -0.414. The highest BCUT2D eigenvalue weighted by Gasteiger charge is 2.14. The summed E-state index contributed by atoms with van der Waals surface area (Å²) in [5.41, 5.74) is 2.77. The van der Waals surface area contributed by atoms with E-state index in [1.54, 1.807) is 36.7 Å². The van der Waals surface area contributed by atoms with E-state index < -0.39 is 5.97 Å². The fourth-order valence-corrected chi connectivity index (χ4v) is 2.41. The van der Waals surface area contributed by atoms with E-state index in [-0.39, 0.29) is 12.1 Å². The third-order valence-corrected chi connectivity index (χ3v) is 3.71. The van der Waals surface area contributed by atoms with Crippen molar-refractivity contribution in [3.05, 3.63) is 72.1 Å². The van der Waals surface area contributed by atoms with Gasteiger partial charge in [0, 0.05) is 18.1 Å². The van der Waals surface area contributed by atoms with E-state index in [1.165, 1.54) is 7.11 Å². The van der Waals surface area contributed by atoms with Gasteiger partial charge in [-0.3, -0.25) is 4.98 Å². The first kappa shape index (κ1) is 18.2. The lowest BCUT2D eigenvalue weighted by molar-refractivity contribution is 0.0600. The molecule has 6 nitrogen and oxygen atoms in total. The van der Waals surface area contributed by atoms with Crippen LogP contribution in [0.4, 0.5) is 10.5 Å². The number of nitrogens with one attached hydrogen (secondary N) is 2. The Kier molecular flexibility index (Phi) is 6.28. The number of amides is 2. The second kappa shape index (κ2) is 8.63. The highest BCUT2D eigenvalue weighted by molar-refractivity contribution is 5.93. The zero-order valence-electron chi connectivity index (χ0n) is 14.3. The van der Waals surface area contributed by atoms with Crippen LogP contribution in [0.15, 0.2) is 55.4 Å². The number of hydrogen-bond acceptors (Lipinski definition) is 4. The summed E-state index contributed by atoms with van der Waals surface area (Å²) in [6.45, 7) is 5.55. The van der Waals surface area contributed by atoms with Crippen LogP contribution in [0.2, 0.25) is 0 Å². The molecule has 0 bridgehead atoms. The molecule has 0 fully saturated rings. The standard InChI is InChI=1S/C19H21N3O3/c1-4-5-17(14-8-10-20-11-9-14)22-19(24)21-16-7-6-15(12-13(16)2)18(23)25-3/h4,6-12,17H,1,5H2,2-3H3,(H2,21,22,24)/t17-/m0/s1. The van der Waals surface area contributed by atoms with Crippen molar-refractivity contribution in [2.24, 2.45) is 0 Å². The van der Waals surface area contributed by atoms with Crippen molar-refractivity contribution in [1.29, 1.82) is 0 Å². The second-order valence-corrected chi connectivity index (χ2v) is 5.48. The van der Waals surface area contributed by atoms with Gasteiger partial charge in [0.05, 0.1) is 18.7 Å². The van der Waals surface area contributed by atoms with Gasteiger partial charge in [-0.05, 0) is 54.8 Å². The van der Waals surface area contributed by atoms with Gasteiger partial charge in [-0.2, -0.15) is 0 Å². The maximum atomic E-state index is 12.3. The lowest BCUT2D eigenvalue weighted by Crippen LogP contribution is -2.32. The van der Waals surface area contributed by atoms with Crippen molar-refractivity contribution in [2.45, 2.75) is 19.4 Å². The van der Waals surface area contributed by atoms with Gasteiger partial charge in [0.25, 0.3) is 0 Å². The predicted molar refractivity (Wildman–Crippen MR) is 96.5 cm³/mol. The summed E-state index contributed by atoms with van der Waals surface area (Å²) >= 11 is 0. The number of pyridine rings is 1. The zero-order chi connectivity index (χ0) is 18.2. The monoisotopic (exact) mass is 339 g/mol. The summed E-state index contributed by atoms with van der Waals surface area (Å²) in [5, 5.41) is 5.72. The Morgan fingerprint density at radius 1 is 1.28 bits per heavy atom. The van der Waals surface area contributed by atoms with Gasteiger partial charge in [0.2, 0.25) is 0 Å². The van der Waals surface area contributed by atoms with E-state index >= 15 is 0 Å². The number of anilines is 1. The number of carbonyl (C=O) groups is 2. The Morgan fingerprint density at radius 3 is 2.60 bits per heavy atom. The number of esters is 1. The Hall–Kier alpha value is -3.15. The van der Waals surface area contributed by atoms with E-state index in [0.29, 0.717) is 17.7 Å². The Bertz CT molecular complexity index is 760. The van der Waals surface area contributed by atoms with Crippen LogP contribution in [-0.4, -0.2) is 24.1 Å². The topological polar surface area (TPSA) is 80.3 Å². The molecule has 1 aromatic carbocycles. The highest BCUT2D eigenvalue weighted by Crippen LogP contribution is 2.19. The van der Waals surface area contributed by atoms with E-state index in [0.717, 1.165) is 11.1 Å². The van der Waals surface area contributed by atoms with E-state index in [1.807, 2.05) is 19.1 Å². The van der Waals surface area contributed by atoms with Crippen molar-refractivity contribution in [2.75, 3.05) is 12.4 Å². The molecule has 2 rings (SSSR count). The highest BCUT2D eigenvalue weighted by atomic mass is 16.5. The maximum Gasteiger partial charge on any atom is 0.337 e. The number of hydrogen-bond donors (Lipinski definition) is 2. The molecule has 0 aliphatic heterocycles. The molecule has 0 aliphatic carbocycles. The Balaban J connectivity index is 2.08. The lowest BCUT2D eigenvalue weighted by Gasteiger charge is -2.18. The minimum atomic E-state index is -0.414. The zero-order valence-corrected chi connectivity index (χ0v) is 14.3. The second-order valence-electron chi connectivity index (χ2n) is 5.48. The number of rotatable bonds is 6. The molecule has 0 aliphatic rings. The molecule has 1 heterocycles. The van der Waals surface area contributed by atoms with Crippen LogP contribution >= 0.6 is 0 Å². The van der Waals surface area contributed by atoms with Gasteiger partial charge in [-0.1, -0.05) is 6.08 Å². The van der Waals surface area contributed by atoms with Crippen molar-refractivity contribution in [1.82, 2.24) is 10.3 Å². The number of benzene rings is 1. The van der Waals surface area contributed by atoms with Crippen molar-refractivity contribution in [3.8, 4) is 0 Å². The molecule has 0 spiro atoms. The van der Waals surface area contributed by atoms with Gasteiger partial charge in [0.1, 0.15) is 0 Å². The SMILES string of the molecule is C=CC[C@H](NC(=O)Nc1ccc(C(=O)OC)cc1C)c1ccncc1. The summed E-state index contributed by atoms with van der Waals surface area (Å²) in [4.78, 5) is 27.9. The summed E-state index contributed by atoms with van der Waals surface area (Å²) in [6.07, 6.45) is 5.71. The summed E-state index contributed by atoms with van der Waals surface area (Å²) < 4.78 is 4.69. The molecule has 0 saturated heterocycles. The average molecular weight is 339 g/mol. The van der Waals surface area contributed by atoms with Gasteiger partial charge < -0.3 is 15.4 Å². The average Bonchev–Trinajstić information content (AvgIpc) is 2.63. The van der Waals surface area contributed by atoms with Crippen LogP contribution in [0.25, 0.3) is 0 Å². The van der Waals surface area contributed by atoms with Gasteiger partial charge in [0.15, 0.2) is 0 Å². The van der Waals surface area contributed by atoms with Gasteiger partial charge in [-0.15, -0.1) is 6.58 Å². The fraction of sp³-hybridized carbons (Fsp3) is 0.211. The number of ether oxygens (including phenoxy) is 1. The molecule has 1 aromatic heterocycles. The lowest BCUT2D eigenvalue weighted by atomic mass is 10.1. The van der Waals surface area contributed by atoms with Gasteiger partial charge >= 0.3 is 12.0 Å². The first-order chi connectivity index (χ1) is 12.0. The third kappa shape index (κ3) is 4.91. The van der Waals surface area contributed by atoms with E-state index in [4.69, 9.17) is 0 Å². The largest absolute Gasteiger partial charge is 0.465 e.